The second-order valence-electron chi connectivity index (χ2n) is 5.70. The van der Waals surface area contributed by atoms with E-state index < -0.39 is 6.03 Å². The summed E-state index contributed by atoms with van der Waals surface area (Å²) in [5, 5.41) is 2.17. The maximum absolute atomic E-state index is 12.1. The van der Waals surface area contributed by atoms with Crippen molar-refractivity contribution in [2.75, 3.05) is 20.8 Å². The number of ether oxygens (including phenoxy) is 2. The molecule has 7 nitrogen and oxygen atoms in total. The molecule has 0 radical (unpaired) electrons. The molecule has 1 aliphatic heterocycles. The summed E-state index contributed by atoms with van der Waals surface area (Å²) in [4.78, 5) is 24.1. The zero-order valence-corrected chi connectivity index (χ0v) is 13.7. The van der Waals surface area contributed by atoms with Gasteiger partial charge in [0.15, 0.2) is 6.04 Å². The fraction of sp³-hybridized carbons (Fsp3) is 0.500. The molecule has 0 spiro atoms. The number of likely N-dealkylation sites (tertiary alicyclic amines) is 1. The number of hydrogen-bond donors (Lipinski definition) is 3. The minimum atomic E-state index is -0.823. The van der Waals surface area contributed by atoms with E-state index in [1.54, 1.807) is 21.1 Å². The number of imide groups is 1. The lowest BCUT2D eigenvalue weighted by Gasteiger charge is -2.27. The molecule has 0 saturated carbocycles. The Morgan fingerprint density at radius 3 is 2.70 bits per heavy atom. The van der Waals surface area contributed by atoms with E-state index in [4.69, 9.17) is 15.2 Å². The lowest BCUT2D eigenvalue weighted by atomic mass is 10.0. The quantitative estimate of drug-likeness (QED) is 0.711. The molecule has 1 unspecified atom stereocenters. The number of quaternary nitrogens is 1. The summed E-state index contributed by atoms with van der Waals surface area (Å²) in [7, 11) is 3.25. The van der Waals surface area contributed by atoms with Crippen molar-refractivity contribution in [2.24, 2.45) is 5.73 Å². The van der Waals surface area contributed by atoms with Crippen molar-refractivity contribution >= 4 is 11.9 Å². The van der Waals surface area contributed by atoms with Crippen LogP contribution in [0.25, 0.3) is 0 Å². The molecule has 1 aromatic rings. The molecule has 2 rings (SSSR count). The number of nitrogens with two attached hydrogens (primary N) is 1. The molecule has 1 aromatic carbocycles. The number of carbonyl (C=O) groups is 2. The highest BCUT2D eigenvalue weighted by Gasteiger charge is 2.38. The van der Waals surface area contributed by atoms with Gasteiger partial charge in [-0.1, -0.05) is 0 Å². The average molecular weight is 322 g/mol. The molecule has 3 atom stereocenters. The molecule has 1 fully saturated rings. The first-order chi connectivity index (χ1) is 11.0. The summed E-state index contributed by atoms with van der Waals surface area (Å²) < 4.78 is 10.8. The van der Waals surface area contributed by atoms with Crippen molar-refractivity contribution in [1.82, 2.24) is 5.32 Å². The van der Waals surface area contributed by atoms with Crippen LogP contribution in [0.15, 0.2) is 18.2 Å². The Morgan fingerprint density at radius 1 is 1.35 bits per heavy atom. The number of primary amides is 1. The monoisotopic (exact) mass is 322 g/mol. The first kappa shape index (κ1) is 17.1. The number of hydrogen-bond acceptors (Lipinski definition) is 4. The maximum Gasteiger partial charge on any atom is 0.319 e. The van der Waals surface area contributed by atoms with Gasteiger partial charge < -0.3 is 20.1 Å². The van der Waals surface area contributed by atoms with E-state index in [0.717, 1.165) is 41.3 Å². The number of benzene rings is 1. The molecule has 126 valence electrons. The molecular formula is C16H24N3O4+. The summed E-state index contributed by atoms with van der Waals surface area (Å²) in [6, 6.07) is 4.57. The largest absolute Gasteiger partial charge is 0.497 e. The van der Waals surface area contributed by atoms with Gasteiger partial charge in [-0.2, -0.15) is 0 Å². The lowest BCUT2D eigenvalue weighted by Crippen LogP contribution is -3.15. The summed E-state index contributed by atoms with van der Waals surface area (Å²) >= 11 is 0. The summed E-state index contributed by atoms with van der Waals surface area (Å²) in [5.41, 5.74) is 6.05. The van der Waals surface area contributed by atoms with Crippen molar-refractivity contribution in [1.29, 1.82) is 0 Å². The van der Waals surface area contributed by atoms with Crippen LogP contribution in [0.3, 0.4) is 0 Å². The van der Waals surface area contributed by atoms with Crippen LogP contribution in [0.5, 0.6) is 11.5 Å². The number of carbonyl (C=O) groups excluding carboxylic acids is 2. The van der Waals surface area contributed by atoms with Gasteiger partial charge in [0.25, 0.3) is 5.91 Å². The highest BCUT2D eigenvalue weighted by atomic mass is 16.5. The van der Waals surface area contributed by atoms with Crippen LogP contribution in [-0.4, -0.2) is 38.7 Å². The molecule has 0 bridgehead atoms. The van der Waals surface area contributed by atoms with Crippen molar-refractivity contribution in [3.8, 4) is 11.5 Å². The lowest BCUT2D eigenvalue weighted by molar-refractivity contribution is -0.932. The Hall–Kier alpha value is -2.28. The van der Waals surface area contributed by atoms with Gasteiger partial charge in [0.05, 0.1) is 26.3 Å². The minimum Gasteiger partial charge on any atom is -0.497 e. The molecule has 3 amide bonds. The number of methoxy groups -OCH3 is 2. The summed E-state index contributed by atoms with van der Waals surface area (Å²) in [6.45, 7) is 2.65. The SMILES string of the molecule is COc1ccc(OC)c([C@H]2CCC[NH+]2[C@H](C)C(=O)NC(N)=O)c1. The third kappa shape index (κ3) is 3.73. The summed E-state index contributed by atoms with van der Waals surface area (Å²) in [5.74, 6) is 1.17. The van der Waals surface area contributed by atoms with Gasteiger partial charge in [0.2, 0.25) is 0 Å². The van der Waals surface area contributed by atoms with Crippen molar-refractivity contribution < 1.29 is 24.0 Å². The molecule has 0 aromatic heterocycles. The number of nitrogens with one attached hydrogen (secondary N) is 2. The molecule has 23 heavy (non-hydrogen) atoms. The van der Waals surface area contributed by atoms with Gasteiger partial charge in [-0.25, -0.2) is 4.79 Å². The highest BCUT2D eigenvalue weighted by Crippen LogP contribution is 2.31. The third-order valence-corrected chi connectivity index (χ3v) is 4.41. The Labute approximate surface area is 135 Å². The van der Waals surface area contributed by atoms with Gasteiger partial charge in [-0.15, -0.1) is 0 Å². The fourth-order valence-electron chi connectivity index (χ4n) is 3.25. The van der Waals surface area contributed by atoms with Crippen molar-refractivity contribution in [3.05, 3.63) is 23.8 Å². The molecule has 4 N–H and O–H groups in total. The fourth-order valence-corrected chi connectivity index (χ4v) is 3.25. The average Bonchev–Trinajstić information content (AvgIpc) is 3.02. The smallest absolute Gasteiger partial charge is 0.319 e. The molecule has 1 heterocycles. The molecule has 7 heteroatoms. The van der Waals surface area contributed by atoms with Gasteiger partial charge in [-0.05, 0) is 25.1 Å². The van der Waals surface area contributed by atoms with Gasteiger partial charge in [0.1, 0.15) is 17.5 Å². The van der Waals surface area contributed by atoms with Crippen molar-refractivity contribution in [2.45, 2.75) is 31.8 Å². The van der Waals surface area contributed by atoms with E-state index in [1.807, 2.05) is 18.2 Å². The van der Waals surface area contributed by atoms with Crippen LogP contribution in [0.4, 0.5) is 4.79 Å². The van der Waals surface area contributed by atoms with Gasteiger partial charge in [0, 0.05) is 12.8 Å². The van der Waals surface area contributed by atoms with E-state index in [1.165, 1.54) is 0 Å². The molecule has 1 aliphatic rings. The molecule has 0 aliphatic carbocycles. The van der Waals surface area contributed by atoms with Crippen LogP contribution in [0, 0.1) is 0 Å². The number of amides is 3. The second kappa shape index (κ2) is 7.32. The molecular weight excluding hydrogens is 298 g/mol. The summed E-state index contributed by atoms with van der Waals surface area (Å²) in [6.07, 6.45) is 1.93. The van der Waals surface area contributed by atoms with Crippen LogP contribution in [0.2, 0.25) is 0 Å². The third-order valence-electron chi connectivity index (χ3n) is 4.41. The number of urea groups is 1. The van der Waals surface area contributed by atoms with E-state index in [0.29, 0.717) is 0 Å². The first-order valence-electron chi connectivity index (χ1n) is 7.65. The van der Waals surface area contributed by atoms with Crippen LogP contribution < -0.4 is 25.4 Å². The second-order valence-corrected chi connectivity index (χ2v) is 5.70. The van der Waals surface area contributed by atoms with Gasteiger partial charge in [-0.3, -0.25) is 10.1 Å². The Bertz CT molecular complexity index is 591. The van der Waals surface area contributed by atoms with Crippen LogP contribution in [0.1, 0.15) is 31.4 Å². The minimum absolute atomic E-state index is 0.105. The van der Waals surface area contributed by atoms with E-state index in [9.17, 15) is 9.59 Å². The Balaban J connectivity index is 2.27. The Morgan fingerprint density at radius 2 is 2.09 bits per heavy atom. The first-order valence-corrected chi connectivity index (χ1v) is 7.65. The molecule has 1 saturated heterocycles. The topological polar surface area (TPSA) is 95.1 Å². The van der Waals surface area contributed by atoms with E-state index in [2.05, 4.69) is 5.32 Å². The van der Waals surface area contributed by atoms with E-state index in [-0.39, 0.29) is 18.0 Å². The standard InChI is InChI=1S/C16H23N3O4/c1-10(15(20)18-16(17)21)19-8-4-5-13(19)12-9-11(22-2)6-7-14(12)23-3/h6-7,9-10,13H,4-5,8H2,1-3H3,(H3,17,18,20,21)/p+1/t10-,13-/m1/s1. The normalized spacial score (nSPS) is 21.5. The predicted molar refractivity (Wildman–Crippen MR) is 84.5 cm³/mol. The zero-order chi connectivity index (χ0) is 17.0. The van der Waals surface area contributed by atoms with E-state index >= 15 is 0 Å². The zero-order valence-electron chi connectivity index (χ0n) is 13.7. The van der Waals surface area contributed by atoms with Crippen molar-refractivity contribution in [3.63, 3.8) is 0 Å². The predicted octanol–water partition coefficient (Wildman–Crippen LogP) is 0.00700. The Kier molecular flexibility index (Phi) is 5.44. The maximum atomic E-state index is 12.1. The van der Waals surface area contributed by atoms with Crippen LogP contribution in [-0.2, 0) is 4.79 Å². The van der Waals surface area contributed by atoms with Crippen LogP contribution >= 0.6 is 0 Å². The number of rotatable bonds is 5. The van der Waals surface area contributed by atoms with Gasteiger partial charge >= 0.3 is 6.03 Å². The highest BCUT2D eigenvalue weighted by molar-refractivity contribution is 5.95.